The molecule has 0 saturated carbocycles. The minimum atomic E-state index is -0.417. The minimum Gasteiger partial charge on any atom is -0.295 e. The second-order valence-corrected chi connectivity index (χ2v) is 5.52. The van der Waals surface area contributed by atoms with Crippen LogP contribution >= 0.6 is 12.2 Å². The molecule has 1 aromatic carbocycles. The lowest BCUT2D eigenvalue weighted by atomic mass is 10.1. The Kier molecular flexibility index (Phi) is 3.23. The molecule has 0 saturated heterocycles. The highest BCUT2D eigenvalue weighted by molar-refractivity contribution is 7.71. The molecular weight excluding hydrogens is 264 g/mol. The van der Waals surface area contributed by atoms with E-state index in [1.807, 2.05) is 20.8 Å². The molecule has 6 nitrogen and oxygen atoms in total. The Labute approximate surface area is 115 Å². The van der Waals surface area contributed by atoms with E-state index in [0.717, 1.165) is 0 Å². The van der Waals surface area contributed by atoms with Crippen molar-refractivity contribution in [3.05, 3.63) is 39.2 Å². The van der Waals surface area contributed by atoms with Crippen LogP contribution in [-0.2, 0) is 5.54 Å². The van der Waals surface area contributed by atoms with E-state index in [-0.39, 0.29) is 11.2 Å². The Morgan fingerprint density at radius 1 is 1.37 bits per heavy atom. The molecule has 7 heteroatoms. The molecule has 0 bridgehead atoms. The first-order valence-electron chi connectivity index (χ1n) is 5.74. The molecule has 0 spiro atoms. The van der Waals surface area contributed by atoms with Gasteiger partial charge in [0.15, 0.2) is 10.6 Å². The van der Waals surface area contributed by atoms with Gasteiger partial charge in [-0.05, 0) is 39.1 Å². The number of nitro groups is 1. The summed E-state index contributed by atoms with van der Waals surface area (Å²) in [6.45, 7) is 5.91. The van der Waals surface area contributed by atoms with Gasteiger partial charge in [-0.15, -0.1) is 0 Å². The molecule has 100 valence electrons. The predicted molar refractivity (Wildman–Crippen MR) is 74.5 cm³/mol. The highest BCUT2D eigenvalue weighted by Gasteiger charge is 2.25. The van der Waals surface area contributed by atoms with Crippen LogP contribution in [0.15, 0.2) is 24.3 Å². The zero-order chi connectivity index (χ0) is 14.2. The van der Waals surface area contributed by atoms with Gasteiger partial charge in [0.2, 0.25) is 0 Å². The van der Waals surface area contributed by atoms with Crippen molar-refractivity contribution >= 4 is 17.9 Å². The van der Waals surface area contributed by atoms with Crippen LogP contribution < -0.4 is 0 Å². The van der Waals surface area contributed by atoms with E-state index in [1.54, 1.807) is 22.8 Å². The number of rotatable bonds is 2. The lowest BCUT2D eigenvalue weighted by Gasteiger charge is -2.22. The minimum absolute atomic E-state index is 0.0157. The Morgan fingerprint density at radius 2 is 2.00 bits per heavy atom. The van der Waals surface area contributed by atoms with Gasteiger partial charge in [-0.25, -0.2) is 0 Å². The zero-order valence-electron chi connectivity index (χ0n) is 10.9. The number of aromatic amines is 1. The van der Waals surface area contributed by atoms with E-state index in [0.29, 0.717) is 16.2 Å². The second-order valence-electron chi connectivity index (χ2n) is 5.13. The molecule has 19 heavy (non-hydrogen) atoms. The third-order valence-corrected chi connectivity index (χ3v) is 2.96. The normalized spacial score (nSPS) is 11.5. The summed E-state index contributed by atoms with van der Waals surface area (Å²) in [6, 6.07) is 6.50. The number of hydrogen-bond donors (Lipinski definition) is 1. The molecule has 2 aromatic rings. The van der Waals surface area contributed by atoms with E-state index in [2.05, 4.69) is 10.2 Å². The molecule has 1 aromatic heterocycles. The molecule has 0 aliphatic carbocycles. The summed E-state index contributed by atoms with van der Waals surface area (Å²) in [5, 5.41) is 17.9. The van der Waals surface area contributed by atoms with Crippen LogP contribution in [0, 0.1) is 14.9 Å². The van der Waals surface area contributed by atoms with Crippen molar-refractivity contribution in [1.82, 2.24) is 14.8 Å². The molecule has 0 atom stereocenters. The summed E-state index contributed by atoms with van der Waals surface area (Å²) < 4.78 is 2.23. The number of benzene rings is 1. The Hall–Kier alpha value is -2.02. The number of hydrogen-bond acceptors (Lipinski definition) is 4. The molecule has 1 N–H and O–H groups in total. The summed E-state index contributed by atoms with van der Waals surface area (Å²) >= 11 is 5.20. The van der Waals surface area contributed by atoms with Crippen LogP contribution in [0.25, 0.3) is 11.4 Å². The summed E-state index contributed by atoms with van der Waals surface area (Å²) in [6.07, 6.45) is 0. The zero-order valence-corrected chi connectivity index (χ0v) is 11.7. The molecule has 0 radical (unpaired) electrons. The van der Waals surface area contributed by atoms with Gasteiger partial charge in [0, 0.05) is 11.6 Å². The molecule has 2 rings (SSSR count). The standard InChI is InChI=1S/C12H14N4O2S/c1-12(2,3)15-10(13-14-11(15)19)8-6-4-5-7-9(8)16(17)18/h4-7H,1-3H3,(H,14,19). The van der Waals surface area contributed by atoms with Crippen molar-refractivity contribution in [2.75, 3.05) is 0 Å². The van der Waals surface area contributed by atoms with Crippen LogP contribution in [-0.4, -0.2) is 19.7 Å². The molecule has 0 aliphatic rings. The maximum absolute atomic E-state index is 11.1. The third-order valence-electron chi connectivity index (χ3n) is 2.68. The predicted octanol–water partition coefficient (Wildman–Crippen LogP) is 3.27. The van der Waals surface area contributed by atoms with E-state index < -0.39 is 4.92 Å². The number of H-pyrrole nitrogens is 1. The Bertz CT molecular complexity index is 682. The van der Waals surface area contributed by atoms with Gasteiger partial charge < -0.3 is 0 Å². The summed E-state index contributed by atoms with van der Waals surface area (Å²) in [4.78, 5) is 10.7. The van der Waals surface area contributed by atoms with Crippen LogP contribution in [0.2, 0.25) is 0 Å². The molecule has 0 amide bonds. The number of nitrogens with one attached hydrogen (secondary N) is 1. The van der Waals surface area contributed by atoms with E-state index >= 15 is 0 Å². The van der Waals surface area contributed by atoms with Crippen molar-refractivity contribution in [1.29, 1.82) is 0 Å². The Morgan fingerprint density at radius 3 is 2.58 bits per heavy atom. The van der Waals surface area contributed by atoms with E-state index in [9.17, 15) is 10.1 Å². The molecule has 0 unspecified atom stereocenters. The fourth-order valence-electron chi connectivity index (χ4n) is 1.92. The van der Waals surface area contributed by atoms with Crippen molar-refractivity contribution in [2.24, 2.45) is 0 Å². The maximum Gasteiger partial charge on any atom is 0.280 e. The summed E-state index contributed by atoms with van der Waals surface area (Å²) in [5.74, 6) is 0.477. The van der Waals surface area contributed by atoms with Crippen LogP contribution in [0.3, 0.4) is 0 Å². The SMILES string of the molecule is CC(C)(C)n1c(-c2ccccc2[N+](=O)[O-])n[nH]c1=S. The third kappa shape index (κ3) is 2.41. The number of aromatic nitrogens is 3. The highest BCUT2D eigenvalue weighted by atomic mass is 32.1. The van der Waals surface area contributed by atoms with Crippen molar-refractivity contribution < 1.29 is 4.92 Å². The first kappa shape index (κ1) is 13.4. The largest absolute Gasteiger partial charge is 0.295 e. The van der Waals surface area contributed by atoms with Crippen molar-refractivity contribution in [2.45, 2.75) is 26.3 Å². The number of nitrogens with zero attached hydrogens (tertiary/aromatic N) is 3. The monoisotopic (exact) mass is 278 g/mol. The van der Waals surface area contributed by atoms with E-state index in [4.69, 9.17) is 12.2 Å². The summed E-state index contributed by atoms with van der Waals surface area (Å²) in [7, 11) is 0. The fraction of sp³-hybridized carbons (Fsp3) is 0.333. The lowest BCUT2D eigenvalue weighted by molar-refractivity contribution is -0.384. The Balaban J connectivity index is 2.75. The molecule has 0 fully saturated rings. The first-order valence-corrected chi connectivity index (χ1v) is 6.15. The van der Waals surface area contributed by atoms with Gasteiger partial charge in [0.25, 0.3) is 5.69 Å². The van der Waals surface area contributed by atoms with Gasteiger partial charge in [0.1, 0.15) is 0 Å². The second kappa shape index (κ2) is 4.58. The topological polar surface area (TPSA) is 76.8 Å². The number of nitro benzene ring substituents is 1. The van der Waals surface area contributed by atoms with Gasteiger partial charge in [-0.3, -0.25) is 19.8 Å². The number of para-hydroxylation sites is 1. The van der Waals surface area contributed by atoms with Gasteiger partial charge in [-0.1, -0.05) is 12.1 Å². The smallest absolute Gasteiger partial charge is 0.280 e. The van der Waals surface area contributed by atoms with Crippen LogP contribution in [0.1, 0.15) is 20.8 Å². The highest BCUT2D eigenvalue weighted by Crippen LogP contribution is 2.31. The molecule has 0 aliphatic heterocycles. The van der Waals surface area contributed by atoms with Gasteiger partial charge >= 0.3 is 0 Å². The average Bonchev–Trinajstić information content (AvgIpc) is 2.70. The lowest BCUT2D eigenvalue weighted by Crippen LogP contribution is -2.23. The first-order chi connectivity index (χ1) is 8.82. The average molecular weight is 278 g/mol. The van der Waals surface area contributed by atoms with Gasteiger partial charge in [-0.2, -0.15) is 5.10 Å². The van der Waals surface area contributed by atoms with Crippen molar-refractivity contribution in [3.63, 3.8) is 0 Å². The molecular formula is C12H14N4O2S. The summed E-state index contributed by atoms with van der Waals surface area (Å²) in [5.41, 5.74) is 0.153. The van der Waals surface area contributed by atoms with Gasteiger partial charge in [0.05, 0.1) is 10.5 Å². The van der Waals surface area contributed by atoms with Crippen LogP contribution in [0.5, 0.6) is 0 Å². The molecule has 1 heterocycles. The quantitative estimate of drug-likeness (QED) is 0.519. The van der Waals surface area contributed by atoms with E-state index in [1.165, 1.54) is 6.07 Å². The fourth-order valence-corrected chi connectivity index (χ4v) is 2.33. The van der Waals surface area contributed by atoms with Crippen LogP contribution in [0.4, 0.5) is 5.69 Å². The van der Waals surface area contributed by atoms with Crippen molar-refractivity contribution in [3.8, 4) is 11.4 Å². The maximum atomic E-state index is 11.1.